The molecule has 1 aromatic rings. The third-order valence-electron chi connectivity index (χ3n) is 4.29. The standard InChI is InChI=1S/C16H24Cl2F3N5.HI/c1-3-22-15(24-8-12-6-13(17)14(18)25(12)2)23-7-11-4-5-26(9-11)10-16(19,20)21;/h6,11H,3-5,7-10H2,1-2H3,(H2,22,23,24);1H. The lowest BCUT2D eigenvalue weighted by molar-refractivity contribution is -0.143. The van der Waals surface area contributed by atoms with Crippen LogP contribution in [0.4, 0.5) is 13.2 Å². The molecule has 0 saturated carbocycles. The molecule has 156 valence electrons. The van der Waals surface area contributed by atoms with Gasteiger partial charge in [0, 0.05) is 32.4 Å². The number of guanidine groups is 1. The molecule has 2 N–H and O–H groups in total. The van der Waals surface area contributed by atoms with E-state index in [0.717, 1.165) is 12.1 Å². The van der Waals surface area contributed by atoms with Crippen LogP contribution < -0.4 is 10.6 Å². The molecule has 1 aliphatic rings. The monoisotopic (exact) mass is 541 g/mol. The van der Waals surface area contributed by atoms with Gasteiger partial charge in [0.2, 0.25) is 0 Å². The van der Waals surface area contributed by atoms with Crippen LogP contribution in [0.2, 0.25) is 10.2 Å². The minimum atomic E-state index is -4.14. The summed E-state index contributed by atoms with van der Waals surface area (Å²) in [5.74, 6) is 0.787. The number of aliphatic imine (C=N–C) groups is 1. The second kappa shape index (κ2) is 11.0. The number of aromatic nitrogens is 1. The smallest absolute Gasteiger partial charge is 0.357 e. The Morgan fingerprint density at radius 3 is 2.59 bits per heavy atom. The Bertz CT molecular complexity index is 636. The molecule has 1 unspecified atom stereocenters. The molecule has 1 saturated heterocycles. The lowest BCUT2D eigenvalue weighted by Crippen LogP contribution is -2.40. The fraction of sp³-hybridized carbons (Fsp3) is 0.688. The Kier molecular flexibility index (Phi) is 10.0. The number of hydrogen-bond acceptors (Lipinski definition) is 2. The molecule has 1 atom stereocenters. The van der Waals surface area contributed by atoms with Gasteiger partial charge in [-0.25, -0.2) is 4.99 Å². The van der Waals surface area contributed by atoms with E-state index in [1.807, 2.05) is 14.0 Å². The van der Waals surface area contributed by atoms with Crippen molar-refractivity contribution in [2.24, 2.45) is 18.0 Å². The lowest BCUT2D eigenvalue weighted by Gasteiger charge is -2.18. The van der Waals surface area contributed by atoms with Gasteiger partial charge in [-0.3, -0.25) is 4.90 Å². The molecule has 0 bridgehead atoms. The summed E-state index contributed by atoms with van der Waals surface area (Å²) in [6.07, 6.45) is -3.40. The molecule has 11 heteroatoms. The Labute approximate surface area is 184 Å². The fourth-order valence-electron chi connectivity index (χ4n) is 2.96. The van der Waals surface area contributed by atoms with Gasteiger partial charge in [0.15, 0.2) is 5.96 Å². The summed E-state index contributed by atoms with van der Waals surface area (Å²) in [6, 6.07) is 1.77. The zero-order valence-corrected chi connectivity index (χ0v) is 19.1. The third kappa shape index (κ3) is 7.86. The Balaban J connectivity index is 0.00000364. The fourth-order valence-corrected chi connectivity index (χ4v) is 3.38. The zero-order chi connectivity index (χ0) is 19.3. The van der Waals surface area contributed by atoms with E-state index < -0.39 is 12.7 Å². The van der Waals surface area contributed by atoms with Gasteiger partial charge in [-0.1, -0.05) is 23.2 Å². The van der Waals surface area contributed by atoms with Crippen molar-refractivity contribution in [2.75, 3.05) is 32.7 Å². The maximum Gasteiger partial charge on any atom is 0.401 e. The Hall–Kier alpha value is -0.390. The second-order valence-corrected chi connectivity index (χ2v) is 7.18. The predicted molar refractivity (Wildman–Crippen MR) is 114 cm³/mol. The van der Waals surface area contributed by atoms with Crippen molar-refractivity contribution in [1.82, 2.24) is 20.1 Å². The van der Waals surface area contributed by atoms with E-state index in [-0.39, 0.29) is 29.9 Å². The van der Waals surface area contributed by atoms with Gasteiger partial charge in [-0.2, -0.15) is 13.2 Å². The quantitative estimate of drug-likeness (QED) is 0.326. The first kappa shape index (κ1) is 24.6. The topological polar surface area (TPSA) is 44.6 Å². The highest BCUT2D eigenvalue weighted by Gasteiger charge is 2.34. The molecule has 0 radical (unpaired) electrons. The summed E-state index contributed by atoms with van der Waals surface area (Å²) in [7, 11) is 1.81. The highest BCUT2D eigenvalue weighted by molar-refractivity contribution is 14.0. The van der Waals surface area contributed by atoms with Crippen LogP contribution in [0.3, 0.4) is 0 Å². The highest BCUT2D eigenvalue weighted by Crippen LogP contribution is 2.25. The number of hydrogen-bond donors (Lipinski definition) is 2. The molecular formula is C16H25Cl2F3IN5. The number of likely N-dealkylation sites (tertiary alicyclic amines) is 1. The van der Waals surface area contributed by atoms with Gasteiger partial charge in [0.05, 0.1) is 18.1 Å². The molecule has 5 nitrogen and oxygen atoms in total. The van der Waals surface area contributed by atoms with E-state index in [1.54, 1.807) is 10.6 Å². The van der Waals surface area contributed by atoms with E-state index in [2.05, 4.69) is 15.6 Å². The number of rotatable bonds is 6. The largest absolute Gasteiger partial charge is 0.401 e. The van der Waals surface area contributed by atoms with Gasteiger partial charge in [-0.05, 0) is 31.9 Å². The van der Waals surface area contributed by atoms with Crippen LogP contribution in [0, 0.1) is 5.92 Å². The zero-order valence-electron chi connectivity index (χ0n) is 15.2. The third-order valence-corrected chi connectivity index (χ3v) is 5.13. The number of nitrogens with zero attached hydrogens (tertiary/aromatic N) is 3. The molecule has 27 heavy (non-hydrogen) atoms. The Morgan fingerprint density at radius 2 is 2.04 bits per heavy atom. The van der Waals surface area contributed by atoms with Gasteiger partial charge in [-0.15, -0.1) is 24.0 Å². The molecule has 0 aliphatic carbocycles. The van der Waals surface area contributed by atoms with E-state index in [4.69, 9.17) is 23.2 Å². The summed E-state index contributed by atoms with van der Waals surface area (Å²) in [5.41, 5.74) is 0.870. The Morgan fingerprint density at radius 1 is 1.33 bits per heavy atom. The molecule has 0 spiro atoms. The SMILES string of the molecule is CCNC(=NCc1cc(Cl)c(Cl)n1C)NCC1CCN(CC(F)(F)F)C1.I. The molecule has 2 rings (SSSR count). The maximum atomic E-state index is 12.5. The second-order valence-electron chi connectivity index (χ2n) is 6.41. The van der Waals surface area contributed by atoms with E-state index >= 15 is 0 Å². The first-order valence-electron chi connectivity index (χ1n) is 8.50. The van der Waals surface area contributed by atoms with Crippen molar-refractivity contribution in [3.63, 3.8) is 0 Å². The van der Waals surface area contributed by atoms with Gasteiger partial charge in [0.25, 0.3) is 0 Å². The van der Waals surface area contributed by atoms with Crippen molar-refractivity contribution in [2.45, 2.75) is 26.1 Å². The van der Waals surface area contributed by atoms with E-state index in [1.165, 1.54) is 4.90 Å². The average Bonchev–Trinajstić information content (AvgIpc) is 3.08. The molecular weight excluding hydrogens is 517 g/mol. The van der Waals surface area contributed by atoms with Crippen LogP contribution in [-0.4, -0.2) is 54.3 Å². The van der Waals surface area contributed by atoms with Crippen LogP contribution >= 0.6 is 47.2 Å². The summed E-state index contributed by atoms with van der Waals surface area (Å²) in [6.45, 7) is 3.68. The summed E-state index contributed by atoms with van der Waals surface area (Å²) >= 11 is 12.0. The highest BCUT2D eigenvalue weighted by atomic mass is 127. The van der Waals surface area contributed by atoms with Crippen LogP contribution in [0.1, 0.15) is 19.0 Å². The average molecular weight is 542 g/mol. The van der Waals surface area contributed by atoms with Crippen molar-refractivity contribution in [1.29, 1.82) is 0 Å². The van der Waals surface area contributed by atoms with Crippen LogP contribution in [0.5, 0.6) is 0 Å². The van der Waals surface area contributed by atoms with E-state index in [0.29, 0.717) is 48.9 Å². The van der Waals surface area contributed by atoms with E-state index in [9.17, 15) is 13.2 Å². The minimum absolute atomic E-state index is 0. The molecule has 0 amide bonds. The number of halogens is 6. The first-order chi connectivity index (χ1) is 12.2. The normalized spacial score (nSPS) is 18.5. The van der Waals surface area contributed by atoms with Crippen LogP contribution in [0.25, 0.3) is 0 Å². The lowest BCUT2D eigenvalue weighted by atomic mass is 10.1. The van der Waals surface area contributed by atoms with Gasteiger partial charge < -0.3 is 15.2 Å². The molecule has 1 fully saturated rings. The molecule has 2 heterocycles. The molecule has 1 aliphatic heterocycles. The van der Waals surface area contributed by atoms with Crippen LogP contribution in [0.15, 0.2) is 11.1 Å². The summed E-state index contributed by atoms with van der Waals surface area (Å²) in [5, 5.41) is 7.29. The minimum Gasteiger partial charge on any atom is -0.357 e. The number of nitrogens with one attached hydrogen (secondary N) is 2. The molecule has 1 aromatic heterocycles. The van der Waals surface area contributed by atoms with Crippen molar-refractivity contribution < 1.29 is 13.2 Å². The van der Waals surface area contributed by atoms with Crippen molar-refractivity contribution in [3.8, 4) is 0 Å². The number of alkyl halides is 3. The maximum absolute atomic E-state index is 12.5. The van der Waals surface area contributed by atoms with Crippen molar-refractivity contribution >= 4 is 53.1 Å². The first-order valence-corrected chi connectivity index (χ1v) is 9.26. The summed E-state index contributed by atoms with van der Waals surface area (Å²) < 4.78 is 39.2. The van der Waals surface area contributed by atoms with Gasteiger partial charge in [0.1, 0.15) is 5.15 Å². The summed E-state index contributed by atoms with van der Waals surface area (Å²) in [4.78, 5) is 5.95. The predicted octanol–water partition coefficient (Wildman–Crippen LogP) is 3.89. The van der Waals surface area contributed by atoms with Crippen LogP contribution in [-0.2, 0) is 13.6 Å². The van der Waals surface area contributed by atoms with Gasteiger partial charge >= 0.3 is 6.18 Å². The van der Waals surface area contributed by atoms with Crippen molar-refractivity contribution in [3.05, 3.63) is 21.9 Å². The molecule has 0 aromatic carbocycles.